The molecular formula is C15H17N3O. The zero-order chi connectivity index (χ0) is 12.9. The van der Waals surface area contributed by atoms with Gasteiger partial charge in [0.1, 0.15) is 0 Å². The van der Waals surface area contributed by atoms with Crippen molar-refractivity contribution in [1.29, 1.82) is 0 Å². The van der Waals surface area contributed by atoms with Crippen molar-refractivity contribution in [2.75, 3.05) is 0 Å². The lowest BCUT2D eigenvalue weighted by molar-refractivity contribution is 0.354. The molecule has 1 aliphatic carbocycles. The van der Waals surface area contributed by atoms with Gasteiger partial charge in [-0.3, -0.25) is 0 Å². The van der Waals surface area contributed by atoms with Gasteiger partial charge in [0, 0.05) is 12.5 Å². The van der Waals surface area contributed by atoms with Gasteiger partial charge in [0.25, 0.3) is 0 Å². The fourth-order valence-electron chi connectivity index (χ4n) is 2.23. The summed E-state index contributed by atoms with van der Waals surface area (Å²) in [7, 11) is 0. The zero-order valence-electron chi connectivity index (χ0n) is 10.7. The van der Waals surface area contributed by atoms with Crippen molar-refractivity contribution in [3.05, 3.63) is 59.8 Å². The predicted octanol–water partition coefficient (Wildman–Crippen LogP) is 2.47. The maximum Gasteiger partial charge on any atom is 0.240 e. The van der Waals surface area contributed by atoms with Crippen LogP contribution < -0.4 is 5.32 Å². The lowest BCUT2D eigenvalue weighted by Gasteiger charge is -2.08. The van der Waals surface area contributed by atoms with E-state index >= 15 is 0 Å². The van der Waals surface area contributed by atoms with Crippen molar-refractivity contribution in [3.63, 3.8) is 0 Å². The van der Waals surface area contributed by atoms with Crippen LogP contribution in [0.4, 0.5) is 0 Å². The van der Waals surface area contributed by atoms with Gasteiger partial charge >= 0.3 is 0 Å². The van der Waals surface area contributed by atoms with Gasteiger partial charge in [-0.2, -0.15) is 4.98 Å². The molecule has 1 aliphatic rings. The van der Waals surface area contributed by atoms with Crippen molar-refractivity contribution < 1.29 is 4.52 Å². The second-order valence-electron chi connectivity index (χ2n) is 4.79. The van der Waals surface area contributed by atoms with Crippen molar-refractivity contribution in [3.8, 4) is 0 Å². The Kier molecular flexibility index (Phi) is 3.70. The molecule has 4 nitrogen and oxygen atoms in total. The highest BCUT2D eigenvalue weighted by molar-refractivity contribution is 5.18. The molecule has 1 aromatic heterocycles. The number of nitrogens with one attached hydrogen (secondary N) is 1. The molecule has 3 rings (SSSR count). The van der Waals surface area contributed by atoms with Gasteiger partial charge in [0.2, 0.25) is 5.89 Å². The predicted molar refractivity (Wildman–Crippen MR) is 72.5 cm³/mol. The first-order valence-corrected chi connectivity index (χ1v) is 6.64. The molecular weight excluding hydrogens is 238 g/mol. The average Bonchev–Trinajstić information content (AvgIpc) is 3.09. The Labute approximate surface area is 112 Å². The first kappa shape index (κ1) is 12.1. The monoisotopic (exact) mass is 255 g/mol. The molecule has 1 aromatic carbocycles. The number of rotatable bonds is 5. The topological polar surface area (TPSA) is 51.0 Å². The summed E-state index contributed by atoms with van der Waals surface area (Å²) in [4.78, 5) is 4.41. The van der Waals surface area contributed by atoms with E-state index in [1.807, 2.05) is 18.2 Å². The summed E-state index contributed by atoms with van der Waals surface area (Å²) in [5.74, 6) is 1.41. The van der Waals surface area contributed by atoms with Crippen molar-refractivity contribution in [2.24, 2.45) is 0 Å². The first-order chi connectivity index (χ1) is 9.40. The van der Waals surface area contributed by atoms with Crippen LogP contribution in [0.5, 0.6) is 0 Å². The first-order valence-electron chi connectivity index (χ1n) is 6.64. The molecule has 0 bridgehead atoms. The molecule has 0 amide bonds. The van der Waals surface area contributed by atoms with Crippen molar-refractivity contribution >= 4 is 0 Å². The van der Waals surface area contributed by atoms with E-state index < -0.39 is 0 Å². The van der Waals surface area contributed by atoms with Crippen LogP contribution in [0.1, 0.15) is 30.1 Å². The van der Waals surface area contributed by atoms with E-state index in [1.54, 1.807) is 0 Å². The average molecular weight is 255 g/mol. The molecule has 1 N–H and O–H groups in total. The minimum absolute atomic E-state index is 0.518. The van der Waals surface area contributed by atoms with Crippen LogP contribution >= 0.6 is 0 Å². The Morgan fingerprint density at radius 2 is 1.95 bits per heavy atom. The number of aromatic nitrogens is 2. The van der Waals surface area contributed by atoms with Crippen LogP contribution in [0.25, 0.3) is 0 Å². The normalized spacial score (nSPS) is 15.2. The quantitative estimate of drug-likeness (QED) is 0.834. The second kappa shape index (κ2) is 5.80. The van der Waals surface area contributed by atoms with Crippen LogP contribution in [-0.4, -0.2) is 16.2 Å². The summed E-state index contributed by atoms with van der Waals surface area (Å²) < 4.78 is 5.25. The van der Waals surface area contributed by atoms with E-state index in [0.717, 1.165) is 25.1 Å². The lowest BCUT2D eigenvalue weighted by atomic mass is 10.1. The summed E-state index contributed by atoms with van der Waals surface area (Å²) in [6, 6.07) is 10.7. The summed E-state index contributed by atoms with van der Waals surface area (Å²) in [6.45, 7) is 0.647. The number of benzene rings is 1. The molecule has 98 valence electrons. The van der Waals surface area contributed by atoms with Crippen LogP contribution in [0.15, 0.2) is 47.0 Å². The molecule has 0 saturated carbocycles. The fourth-order valence-corrected chi connectivity index (χ4v) is 2.23. The molecule has 0 spiro atoms. The number of hydrogen-bond donors (Lipinski definition) is 1. The third-order valence-corrected chi connectivity index (χ3v) is 3.27. The SMILES string of the molecule is C1=CCC(NCc2nc(Cc3ccccc3)no2)C1. The molecule has 4 heteroatoms. The van der Waals surface area contributed by atoms with Crippen LogP contribution in [0.2, 0.25) is 0 Å². The minimum atomic E-state index is 0.518. The van der Waals surface area contributed by atoms with Gasteiger partial charge in [0.15, 0.2) is 5.82 Å². The van der Waals surface area contributed by atoms with E-state index in [0.29, 0.717) is 18.5 Å². The highest BCUT2D eigenvalue weighted by Gasteiger charge is 2.12. The van der Waals surface area contributed by atoms with E-state index in [-0.39, 0.29) is 0 Å². The van der Waals surface area contributed by atoms with Crippen LogP contribution in [0, 0.1) is 0 Å². The highest BCUT2D eigenvalue weighted by Crippen LogP contribution is 2.10. The molecule has 0 radical (unpaired) electrons. The Balaban J connectivity index is 1.54. The lowest BCUT2D eigenvalue weighted by Crippen LogP contribution is -2.25. The maximum absolute atomic E-state index is 5.25. The van der Waals surface area contributed by atoms with E-state index in [4.69, 9.17) is 4.52 Å². The third kappa shape index (κ3) is 3.29. The van der Waals surface area contributed by atoms with E-state index in [2.05, 4.69) is 39.7 Å². The molecule has 19 heavy (non-hydrogen) atoms. The van der Waals surface area contributed by atoms with Crippen molar-refractivity contribution in [2.45, 2.75) is 31.8 Å². The van der Waals surface area contributed by atoms with Gasteiger partial charge in [-0.05, 0) is 18.4 Å². The number of nitrogens with zero attached hydrogens (tertiary/aromatic N) is 2. The standard InChI is InChI=1S/C15H17N3O/c1-2-6-12(7-3-1)10-14-17-15(19-18-14)11-16-13-8-4-5-9-13/h1-7,13,16H,8-11H2. The smallest absolute Gasteiger partial charge is 0.240 e. The molecule has 0 saturated heterocycles. The summed E-state index contributed by atoms with van der Waals surface area (Å²) in [6.07, 6.45) is 7.30. The third-order valence-electron chi connectivity index (χ3n) is 3.27. The van der Waals surface area contributed by atoms with Gasteiger partial charge in [0.05, 0.1) is 6.54 Å². The minimum Gasteiger partial charge on any atom is -0.338 e. The van der Waals surface area contributed by atoms with E-state index in [1.165, 1.54) is 5.56 Å². The second-order valence-corrected chi connectivity index (χ2v) is 4.79. The molecule has 2 aromatic rings. The molecule has 0 fully saturated rings. The van der Waals surface area contributed by atoms with Gasteiger partial charge < -0.3 is 9.84 Å². The highest BCUT2D eigenvalue weighted by atomic mass is 16.5. The van der Waals surface area contributed by atoms with Gasteiger partial charge in [-0.25, -0.2) is 0 Å². The Morgan fingerprint density at radius 1 is 1.16 bits per heavy atom. The Hall–Kier alpha value is -1.94. The van der Waals surface area contributed by atoms with Crippen LogP contribution in [-0.2, 0) is 13.0 Å². The largest absolute Gasteiger partial charge is 0.338 e. The zero-order valence-corrected chi connectivity index (χ0v) is 10.7. The van der Waals surface area contributed by atoms with Crippen LogP contribution in [0.3, 0.4) is 0 Å². The molecule has 0 atom stereocenters. The Bertz CT molecular complexity index is 540. The number of hydrogen-bond acceptors (Lipinski definition) is 4. The summed E-state index contributed by atoms with van der Waals surface area (Å²) in [5.41, 5.74) is 1.20. The van der Waals surface area contributed by atoms with Gasteiger partial charge in [-0.1, -0.05) is 47.6 Å². The molecule has 0 aliphatic heterocycles. The molecule has 1 heterocycles. The van der Waals surface area contributed by atoms with Gasteiger partial charge in [-0.15, -0.1) is 0 Å². The van der Waals surface area contributed by atoms with E-state index in [9.17, 15) is 0 Å². The summed E-state index contributed by atoms with van der Waals surface area (Å²) >= 11 is 0. The Morgan fingerprint density at radius 3 is 2.74 bits per heavy atom. The fraction of sp³-hybridized carbons (Fsp3) is 0.333. The van der Waals surface area contributed by atoms with Crippen molar-refractivity contribution in [1.82, 2.24) is 15.5 Å². The summed E-state index contributed by atoms with van der Waals surface area (Å²) in [5, 5.41) is 7.43. The maximum atomic E-state index is 5.25. The molecule has 0 unspecified atom stereocenters.